The standard InChI is InChI=1S/C12H16.C11H14.C10H18.C9H16.C8H14/c1-9(2)11-8-7-10-5-3-4-6-12(10)11;1-8(2)11-7-9-5-3-4-6-10(9)11;1-8(2)9-6-10(7-9)4-3-5-10;1-7(2)8-5-9(6-8)3-4-9;1-6(2)8-3-7(4-8)5-8/h3-6,9,11H,7-8H2,1-2H3;3-6,8,11H,7H2,1-2H3;8-9H,3-7H2,1-2H3;7-8H,3-6H2,1-2H3;6-7H,3-5H2,1-2H3. The predicted molar refractivity (Wildman–Crippen MR) is 218 cm³/mol. The number of rotatable bonds is 5. The minimum Gasteiger partial charge on any atom is -0.0625 e. The minimum atomic E-state index is 0.800. The second kappa shape index (κ2) is 15.4. The van der Waals surface area contributed by atoms with Crippen LogP contribution in [-0.4, -0.2) is 0 Å². The molecule has 11 rings (SSSR count). The lowest BCUT2D eigenvalue weighted by atomic mass is 9.41. The first-order chi connectivity index (χ1) is 23.7. The first-order valence-electron chi connectivity index (χ1n) is 21.9. The summed E-state index contributed by atoms with van der Waals surface area (Å²) >= 11 is 0. The van der Waals surface area contributed by atoms with E-state index in [1.165, 1.54) is 25.7 Å². The molecule has 278 valence electrons. The van der Waals surface area contributed by atoms with Crippen LogP contribution in [0.25, 0.3) is 0 Å². The number of fused-ring (bicyclic) bond motifs is 2. The van der Waals surface area contributed by atoms with Crippen molar-refractivity contribution in [2.45, 2.75) is 177 Å². The maximum Gasteiger partial charge on any atom is -0.00956 e. The third-order valence-corrected chi connectivity index (χ3v) is 16.0. The molecule has 7 fully saturated rings. The molecule has 0 heterocycles. The average Bonchev–Trinajstić information content (AvgIpc) is 3.62. The molecule has 0 saturated heterocycles. The van der Waals surface area contributed by atoms with Crippen LogP contribution >= 0.6 is 0 Å². The fraction of sp³-hybridized carbons (Fsp3) is 0.760. The molecule has 0 radical (unpaired) electrons. The van der Waals surface area contributed by atoms with Crippen molar-refractivity contribution in [1.29, 1.82) is 0 Å². The SMILES string of the molecule is CC(C)C12CC(C1)C2.CC(C)C1CC2(CC2)C1.CC(C)C1CC2(CCC2)C1.CC(C)C1CCc2ccccc21.CC(C)C1Cc2ccccc21. The molecule has 0 aliphatic heterocycles. The van der Waals surface area contributed by atoms with Crippen LogP contribution in [-0.2, 0) is 12.8 Å². The highest BCUT2D eigenvalue weighted by molar-refractivity contribution is 5.40. The van der Waals surface area contributed by atoms with Crippen LogP contribution in [0.1, 0.15) is 187 Å². The van der Waals surface area contributed by atoms with Crippen LogP contribution in [0.15, 0.2) is 48.5 Å². The summed E-state index contributed by atoms with van der Waals surface area (Å²) in [5.74, 6) is 9.48. The Kier molecular flexibility index (Phi) is 11.8. The van der Waals surface area contributed by atoms with Gasteiger partial charge in [-0.05, 0) is 188 Å². The van der Waals surface area contributed by atoms with Crippen LogP contribution in [0.4, 0.5) is 0 Å². The summed E-state index contributed by atoms with van der Waals surface area (Å²) in [6.45, 7) is 23.5. The molecular weight excluding hydrogens is 601 g/mol. The van der Waals surface area contributed by atoms with Crippen molar-refractivity contribution in [2.75, 3.05) is 0 Å². The van der Waals surface area contributed by atoms with Gasteiger partial charge in [-0.1, -0.05) is 124 Å². The summed E-state index contributed by atoms with van der Waals surface area (Å²) in [7, 11) is 0. The van der Waals surface area contributed by atoms with Gasteiger partial charge < -0.3 is 0 Å². The summed E-state index contributed by atoms with van der Waals surface area (Å²) in [5, 5.41) is 0. The van der Waals surface area contributed by atoms with E-state index in [9.17, 15) is 0 Å². The van der Waals surface area contributed by atoms with E-state index in [4.69, 9.17) is 0 Å². The number of hydrogen-bond acceptors (Lipinski definition) is 0. The minimum absolute atomic E-state index is 0.800. The van der Waals surface area contributed by atoms with Gasteiger partial charge >= 0.3 is 0 Å². The third kappa shape index (κ3) is 8.31. The molecule has 2 aromatic rings. The van der Waals surface area contributed by atoms with Gasteiger partial charge in [0.15, 0.2) is 0 Å². The molecule has 7 saturated carbocycles. The summed E-state index contributed by atoms with van der Waals surface area (Å²) in [4.78, 5) is 0. The van der Waals surface area contributed by atoms with Gasteiger partial charge in [-0.25, -0.2) is 0 Å². The van der Waals surface area contributed by atoms with Crippen LogP contribution in [0.2, 0.25) is 0 Å². The Morgan fingerprint density at radius 1 is 0.500 bits per heavy atom. The summed E-state index contributed by atoms with van der Waals surface area (Å²) in [6.07, 6.45) is 22.6. The first kappa shape index (κ1) is 38.2. The Labute approximate surface area is 310 Å². The number of benzene rings is 2. The van der Waals surface area contributed by atoms with Gasteiger partial charge in [-0.15, -0.1) is 0 Å². The first-order valence-corrected chi connectivity index (χ1v) is 21.9. The van der Waals surface area contributed by atoms with Crippen molar-refractivity contribution in [1.82, 2.24) is 0 Å². The average molecular weight is 679 g/mol. The zero-order valence-electron chi connectivity index (χ0n) is 34.5. The van der Waals surface area contributed by atoms with Crippen molar-refractivity contribution >= 4 is 0 Å². The zero-order valence-corrected chi connectivity index (χ0v) is 34.5. The lowest BCUT2D eigenvalue weighted by Gasteiger charge is -2.64. The summed E-state index contributed by atoms with van der Waals surface area (Å²) in [5.41, 5.74) is 9.02. The fourth-order valence-corrected chi connectivity index (χ4v) is 11.1. The van der Waals surface area contributed by atoms with E-state index in [1.807, 2.05) is 0 Å². The second-order valence-electron chi connectivity index (χ2n) is 21.0. The van der Waals surface area contributed by atoms with Crippen molar-refractivity contribution in [3.8, 4) is 0 Å². The van der Waals surface area contributed by atoms with Gasteiger partial charge in [0.1, 0.15) is 0 Å². The van der Waals surface area contributed by atoms with E-state index >= 15 is 0 Å². The van der Waals surface area contributed by atoms with Gasteiger partial charge in [0.05, 0.1) is 0 Å². The molecule has 0 aromatic heterocycles. The molecule has 9 aliphatic rings. The Bertz CT molecular complexity index is 1350. The molecule has 9 aliphatic carbocycles. The van der Waals surface area contributed by atoms with Gasteiger partial charge in [-0.3, -0.25) is 0 Å². The van der Waals surface area contributed by atoms with E-state index in [-0.39, 0.29) is 0 Å². The monoisotopic (exact) mass is 679 g/mol. The third-order valence-electron chi connectivity index (χ3n) is 16.0. The molecular formula is C50H78. The van der Waals surface area contributed by atoms with Crippen molar-refractivity contribution in [3.63, 3.8) is 0 Å². The van der Waals surface area contributed by atoms with E-state index in [1.54, 1.807) is 92.9 Å². The van der Waals surface area contributed by atoms with E-state index in [0.29, 0.717) is 0 Å². The van der Waals surface area contributed by atoms with Crippen molar-refractivity contribution < 1.29 is 0 Å². The molecule has 2 bridgehead atoms. The van der Waals surface area contributed by atoms with E-state index < -0.39 is 0 Å². The highest BCUT2D eigenvalue weighted by Crippen LogP contribution is 2.68. The highest BCUT2D eigenvalue weighted by atomic mass is 14.6. The quantitative estimate of drug-likeness (QED) is 0.295. The maximum atomic E-state index is 2.37. The molecule has 0 heteroatoms. The van der Waals surface area contributed by atoms with Crippen molar-refractivity contribution in [3.05, 3.63) is 70.8 Å². The topological polar surface area (TPSA) is 0 Å². The summed E-state index contributed by atoms with van der Waals surface area (Å²) in [6, 6.07) is 17.7. The zero-order chi connectivity index (χ0) is 35.8. The maximum absolute atomic E-state index is 2.37. The number of aryl methyl sites for hydroxylation is 1. The van der Waals surface area contributed by atoms with Gasteiger partial charge in [0, 0.05) is 0 Å². The largest absolute Gasteiger partial charge is 0.0625 e. The predicted octanol–water partition coefficient (Wildman–Crippen LogP) is 14.9. The molecule has 0 nitrogen and oxygen atoms in total. The Hall–Kier alpha value is -1.56. The lowest BCUT2D eigenvalue weighted by Crippen LogP contribution is -2.54. The highest BCUT2D eigenvalue weighted by Gasteiger charge is 2.57. The molecule has 2 aromatic carbocycles. The molecule has 0 amide bonds. The Morgan fingerprint density at radius 3 is 1.30 bits per heavy atom. The van der Waals surface area contributed by atoms with E-state index in [2.05, 4.69) is 118 Å². The smallest absolute Gasteiger partial charge is 0.00956 e. The molecule has 50 heavy (non-hydrogen) atoms. The Balaban J connectivity index is 0.000000109. The van der Waals surface area contributed by atoms with Crippen LogP contribution < -0.4 is 0 Å². The molecule has 2 spiro atoms. The van der Waals surface area contributed by atoms with Gasteiger partial charge in [-0.2, -0.15) is 0 Å². The second-order valence-corrected chi connectivity index (χ2v) is 21.0. The van der Waals surface area contributed by atoms with E-state index in [0.717, 1.165) is 75.4 Å². The lowest BCUT2D eigenvalue weighted by molar-refractivity contribution is -0.141. The normalized spacial score (nSPS) is 30.6. The Morgan fingerprint density at radius 2 is 0.960 bits per heavy atom. The number of hydrogen-bond donors (Lipinski definition) is 0. The van der Waals surface area contributed by atoms with Crippen molar-refractivity contribution in [2.24, 2.45) is 63.6 Å². The molecule has 0 N–H and O–H groups in total. The van der Waals surface area contributed by atoms with Crippen LogP contribution in [0.5, 0.6) is 0 Å². The van der Waals surface area contributed by atoms with Crippen LogP contribution in [0, 0.1) is 63.6 Å². The van der Waals surface area contributed by atoms with Crippen LogP contribution in [0.3, 0.4) is 0 Å². The fourth-order valence-electron chi connectivity index (χ4n) is 11.1. The molecule has 2 unspecified atom stereocenters. The summed E-state index contributed by atoms with van der Waals surface area (Å²) < 4.78 is 0. The molecule has 2 atom stereocenters. The van der Waals surface area contributed by atoms with Gasteiger partial charge in [0.25, 0.3) is 0 Å². The van der Waals surface area contributed by atoms with Gasteiger partial charge in [0.2, 0.25) is 0 Å².